The normalized spacial score (nSPS) is 23.4. The molecule has 6 heteroatoms. The molecule has 0 aliphatic carbocycles. The summed E-state index contributed by atoms with van der Waals surface area (Å²) in [5.74, 6) is 0.0855. The van der Waals surface area contributed by atoms with Crippen LogP contribution in [0, 0.1) is 5.92 Å². The number of urea groups is 1. The molecule has 0 bridgehead atoms. The zero-order chi connectivity index (χ0) is 16.2. The van der Waals surface area contributed by atoms with Crippen LogP contribution in [0.5, 0.6) is 0 Å². The molecule has 0 aromatic carbocycles. The number of carboxylic acid groups (broad SMARTS) is 1. The van der Waals surface area contributed by atoms with Crippen LogP contribution < -0.4 is 0 Å². The van der Waals surface area contributed by atoms with Crippen LogP contribution in [0.15, 0.2) is 0 Å². The third-order valence-electron chi connectivity index (χ3n) is 3.91. The molecule has 0 aromatic heterocycles. The van der Waals surface area contributed by atoms with E-state index in [9.17, 15) is 14.7 Å². The fourth-order valence-electron chi connectivity index (χ4n) is 2.69. The van der Waals surface area contributed by atoms with E-state index < -0.39 is 12.0 Å². The van der Waals surface area contributed by atoms with Crippen LogP contribution >= 0.6 is 11.8 Å². The largest absolute Gasteiger partial charge is 0.480 e. The smallest absolute Gasteiger partial charge is 0.327 e. The van der Waals surface area contributed by atoms with Gasteiger partial charge in [-0.25, -0.2) is 9.59 Å². The van der Waals surface area contributed by atoms with Crippen LogP contribution in [0.3, 0.4) is 0 Å². The Kier molecular flexibility index (Phi) is 6.84. The molecule has 0 aromatic rings. The van der Waals surface area contributed by atoms with Crippen molar-refractivity contribution in [1.29, 1.82) is 0 Å². The van der Waals surface area contributed by atoms with Gasteiger partial charge in [0.1, 0.15) is 6.04 Å². The molecule has 1 rings (SSSR count). The SMILES string of the molecule is CCCC1SCC(C(=O)O)N1C(=O)N(C)C(C)CC(C)C. The van der Waals surface area contributed by atoms with E-state index in [-0.39, 0.29) is 17.4 Å². The van der Waals surface area contributed by atoms with Crippen molar-refractivity contribution in [2.24, 2.45) is 5.92 Å². The molecule has 1 heterocycles. The van der Waals surface area contributed by atoms with Gasteiger partial charge in [-0.05, 0) is 25.7 Å². The van der Waals surface area contributed by atoms with Crippen molar-refractivity contribution >= 4 is 23.8 Å². The summed E-state index contributed by atoms with van der Waals surface area (Å²) in [7, 11) is 1.78. The Bertz CT molecular complexity index is 376. The van der Waals surface area contributed by atoms with E-state index >= 15 is 0 Å². The average molecular weight is 316 g/mol. The predicted molar refractivity (Wildman–Crippen MR) is 86.5 cm³/mol. The van der Waals surface area contributed by atoms with Gasteiger partial charge in [0.15, 0.2) is 0 Å². The van der Waals surface area contributed by atoms with Crippen molar-refractivity contribution in [3.63, 3.8) is 0 Å². The second kappa shape index (κ2) is 7.92. The lowest BCUT2D eigenvalue weighted by atomic mass is 10.0. The first-order valence-electron chi connectivity index (χ1n) is 7.69. The predicted octanol–water partition coefficient (Wildman–Crippen LogP) is 3.10. The van der Waals surface area contributed by atoms with Crippen molar-refractivity contribution in [3.8, 4) is 0 Å². The molecular weight excluding hydrogens is 288 g/mol. The first kappa shape index (κ1) is 18.1. The number of carboxylic acids is 1. The van der Waals surface area contributed by atoms with Gasteiger partial charge in [-0.15, -0.1) is 11.8 Å². The lowest BCUT2D eigenvalue weighted by Crippen LogP contribution is -2.52. The molecule has 0 radical (unpaired) electrons. The molecular formula is C15H28N2O3S. The number of carbonyl (C=O) groups excluding carboxylic acids is 1. The minimum Gasteiger partial charge on any atom is -0.480 e. The second-order valence-corrected chi connectivity index (χ2v) is 7.42. The maximum absolute atomic E-state index is 12.7. The van der Waals surface area contributed by atoms with Crippen LogP contribution in [-0.4, -0.2) is 57.2 Å². The summed E-state index contributed by atoms with van der Waals surface area (Å²) in [6.45, 7) is 8.33. The molecule has 2 amide bonds. The van der Waals surface area contributed by atoms with E-state index in [1.807, 2.05) is 6.92 Å². The Labute approximate surface area is 132 Å². The van der Waals surface area contributed by atoms with Crippen LogP contribution in [-0.2, 0) is 4.79 Å². The summed E-state index contributed by atoms with van der Waals surface area (Å²) in [4.78, 5) is 27.4. The summed E-state index contributed by atoms with van der Waals surface area (Å²) in [6.07, 6.45) is 2.70. The Morgan fingerprint density at radius 3 is 2.48 bits per heavy atom. The Balaban J connectivity index is 2.85. The fourth-order valence-corrected chi connectivity index (χ4v) is 4.20. The van der Waals surface area contributed by atoms with E-state index in [0.29, 0.717) is 11.7 Å². The molecule has 3 unspecified atom stereocenters. The number of rotatable bonds is 6. The van der Waals surface area contributed by atoms with Gasteiger partial charge in [0, 0.05) is 18.8 Å². The molecule has 1 fully saturated rings. The van der Waals surface area contributed by atoms with Crippen molar-refractivity contribution in [3.05, 3.63) is 0 Å². The second-order valence-electron chi connectivity index (χ2n) is 6.21. The molecule has 1 saturated heterocycles. The van der Waals surface area contributed by atoms with Crippen LogP contribution in [0.25, 0.3) is 0 Å². The lowest BCUT2D eigenvalue weighted by Gasteiger charge is -2.35. The number of amides is 2. The van der Waals surface area contributed by atoms with Gasteiger partial charge in [-0.1, -0.05) is 27.2 Å². The van der Waals surface area contributed by atoms with Crippen molar-refractivity contribution in [1.82, 2.24) is 9.80 Å². The molecule has 0 saturated carbocycles. The van der Waals surface area contributed by atoms with Crippen molar-refractivity contribution in [2.45, 2.75) is 64.4 Å². The third kappa shape index (κ3) is 4.53. The Morgan fingerprint density at radius 1 is 1.38 bits per heavy atom. The van der Waals surface area contributed by atoms with E-state index in [0.717, 1.165) is 19.3 Å². The number of aliphatic carboxylic acids is 1. The number of thioether (sulfide) groups is 1. The van der Waals surface area contributed by atoms with E-state index in [4.69, 9.17) is 0 Å². The fraction of sp³-hybridized carbons (Fsp3) is 0.867. The van der Waals surface area contributed by atoms with Gasteiger partial charge in [-0.2, -0.15) is 0 Å². The highest BCUT2D eigenvalue weighted by atomic mass is 32.2. The number of hydrogen-bond donors (Lipinski definition) is 1. The summed E-state index contributed by atoms with van der Waals surface area (Å²) < 4.78 is 0. The maximum Gasteiger partial charge on any atom is 0.327 e. The third-order valence-corrected chi connectivity index (χ3v) is 5.27. The molecule has 1 aliphatic rings. The molecule has 5 nitrogen and oxygen atoms in total. The Morgan fingerprint density at radius 2 is 2.00 bits per heavy atom. The van der Waals surface area contributed by atoms with Crippen LogP contribution in [0.2, 0.25) is 0 Å². The molecule has 3 atom stereocenters. The van der Waals surface area contributed by atoms with E-state index in [1.54, 1.807) is 28.6 Å². The summed E-state index contributed by atoms with van der Waals surface area (Å²) >= 11 is 1.58. The summed E-state index contributed by atoms with van der Waals surface area (Å²) in [5.41, 5.74) is 0. The lowest BCUT2D eigenvalue weighted by molar-refractivity contribution is -0.141. The highest BCUT2D eigenvalue weighted by molar-refractivity contribution is 8.00. The van der Waals surface area contributed by atoms with E-state index in [1.165, 1.54) is 0 Å². The Hall–Kier alpha value is -0.910. The number of hydrogen-bond acceptors (Lipinski definition) is 3. The monoisotopic (exact) mass is 316 g/mol. The molecule has 0 spiro atoms. The topological polar surface area (TPSA) is 60.9 Å². The van der Waals surface area contributed by atoms with Crippen molar-refractivity contribution in [2.75, 3.05) is 12.8 Å². The molecule has 1 aliphatic heterocycles. The van der Waals surface area contributed by atoms with Gasteiger partial charge in [-0.3, -0.25) is 4.90 Å². The van der Waals surface area contributed by atoms with Crippen LogP contribution in [0.1, 0.15) is 47.0 Å². The molecule has 122 valence electrons. The first-order chi connectivity index (χ1) is 9.79. The first-order valence-corrected chi connectivity index (χ1v) is 8.73. The summed E-state index contributed by atoms with van der Waals surface area (Å²) in [6, 6.07) is -0.744. The van der Waals surface area contributed by atoms with Gasteiger partial charge in [0.05, 0.1) is 5.37 Å². The van der Waals surface area contributed by atoms with Gasteiger partial charge in [0.2, 0.25) is 0 Å². The van der Waals surface area contributed by atoms with Crippen molar-refractivity contribution < 1.29 is 14.7 Å². The number of carbonyl (C=O) groups is 2. The minimum absolute atomic E-state index is 0.0164. The highest BCUT2D eigenvalue weighted by Crippen LogP contribution is 2.33. The quantitative estimate of drug-likeness (QED) is 0.818. The molecule has 1 N–H and O–H groups in total. The summed E-state index contributed by atoms with van der Waals surface area (Å²) in [5, 5.41) is 9.34. The average Bonchev–Trinajstić information content (AvgIpc) is 2.80. The van der Waals surface area contributed by atoms with Crippen LogP contribution in [0.4, 0.5) is 4.79 Å². The number of nitrogens with zero attached hydrogens (tertiary/aromatic N) is 2. The standard InChI is InChI=1S/C15H28N2O3S/c1-6-7-13-17(12(9-21-13)14(18)19)15(20)16(5)11(4)8-10(2)3/h10-13H,6-9H2,1-5H3,(H,18,19). The maximum atomic E-state index is 12.7. The van der Waals surface area contributed by atoms with E-state index in [2.05, 4.69) is 20.8 Å². The zero-order valence-electron chi connectivity index (χ0n) is 13.7. The van der Waals surface area contributed by atoms with Gasteiger partial charge in [0.25, 0.3) is 0 Å². The zero-order valence-corrected chi connectivity index (χ0v) is 14.5. The van der Waals surface area contributed by atoms with Gasteiger partial charge >= 0.3 is 12.0 Å². The molecule has 21 heavy (non-hydrogen) atoms. The van der Waals surface area contributed by atoms with Gasteiger partial charge < -0.3 is 10.0 Å². The minimum atomic E-state index is -0.903. The highest BCUT2D eigenvalue weighted by Gasteiger charge is 2.42.